The predicted octanol–water partition coefficient (Wildman–Crippen LogP) is -0.810. The average molecular weight is 349 g/mol. The molecule has 0 bridgehead atoms. The average Bonchev–Trinajstić information content (AvgIpc) is 2.65. The van der Waals surface area contributed by atoms with E-state index in [1.807, 2.05) is 14.1 Å². The Morgan fingerprint density at radius 1 is 1.28 bits per heavy atom. The van der Waals surface area contributed by atoms with Crippen molar-refractivity contribution in [1.82, 2.24) is 25.4 Å². The summed E-state index contributed by atoms with van der Waals surface area (Å²) in [7, 11) is 3.86. The Kier molecular flexibility index (Phi) is 7.77. The zero-order valence-corrected chi connectivity index (χ0v) is 14.9. The molecule has 2 amide bonds. The molecule has 2 N–H and O–H groups in total. The van der Waals surface area contributed by atoms with E-state index in [1.54, 1.807) is 29.3 Å². The second kappa shape index (κ2) is 10.1. The third kappa shape index (κ3) is 6.08. The molecule has 0 saturated carbocycles. The van der Waals surface area contributed by atoms with Crippen LogP contribution in [0.25, 0.3) is 0 Å². The Bertz CT molecular complexity index is 546. The third-order valence-corrected chi connectivity index (χ3v) is 4.10. The molecule has 0 radical (unpaired) electrons. The first-order valence-electron chi connectivity index (χ1n) is 8.53. The van der Waals surface area contributed by atoms with Crippen LogP contribution in [-0.4, -0.2) is 92.7 Å². The first kappa shape index (κ1) is 19.3. The number of hydrogen-bond acceptors (Lipinski definition) is 6. The summed E-state index contributed by atoms with van der Waals surface area (Å²) in [5.74, 6) is -0.480. The summed E-state index contributed by atoms with van der Waals surface area (Å²) in [6, 6.07) is 4.39. The molecule has 1 atom stereocenters. The van der Waals surface area contributed by atoms with Crippen LogP contribution >= 0.6 is 0 Å². The minimum Gasteiger partial charge on any atom is -0.377 e. The molecule has 1 aliphatic rings. The van der Waals surface area contributed by atoms with Crippen molar-refractivity contribution in [3.63, 3.8) is 0 Å². The first-order chi connectivity index (χ1) is 12.1. The molecule has 1 fully saturated rings. The molecule has 2 rings (SSSR count). The van der Waals surface area contributed by atoms with E-state index in [1.165, 1.54) is 0 Å². The van der Waals surface area contributed by atoms with Gasteiger partial charge in [-0.2, -0.15) is 0 Å². The highest BCUT2D eigenvalue weighted by Crippen LogP contribution is 2.04. The quantitative estimate of drug-likeness (QED) is 0.597. The van der Waals surface area contributed by atoms with E-state index < -0.39 is 6.04 Å². The normalized spacial score (nSPS) is 16.5. The lowest BCUT2D eigenvalue weighted by atomic mass is 10.2. The van der Waals surface area contributed by atoms with E-state index in [4.69, 9.17) is 4.74 Å². The van der Waals surface area contributed by atoms with Crippen LogP contribution in [0.15, 0.2) is 24.4 Å². The van der Waals surface area contributed by atoms with Crippen molar-refractivity contribution in [2.75, 3.05) is 60.0 Å². The molecule has 1 saturated heterocycles. The molecule has 1 aromatic rings. The highest BCUT2D eigenvalue weighted by Gasteiger charge is 2.28. The second-order valence-electron chi connectivity index (χ2n) is 6.05. The topological polar surface area (TPSA) is 86.8 Å². The smallest absolute Gasteiger partial charge is 0.270 e. The van der Waals surface area contributed by atoms with Gasteiger partial charge in [0.2, 0.25) is 5.91 Å². The van der Waals surface area contributed by atoms with Crippen LogP contribution in [0.2, 0.25) is 0 Å². The summed E-state index contributed by atoms with van der Waals surface area (Å²) < 4.78 is 5.55. The molecule has 1 aliphatic heterocycles. The van der Waals surface area contributed by atoms with Crippen LogP contribution in [0, 0.1) is 0 Å². The van der Waals surface area contributed by atoms with E-state index in [0.29, 0.717) is 26.2 Å². The fourth-order valence-electron chi connectivity index (χ4n) is 2.53. The number of rotatable bonds is 8. The van der Waals surface area contributed by atoms with Gasteiger partial charge in [-0.3, -0.25) is 14.6 Å². The molecule has 2 heterocycles. The molecule has 138 valence electrons. The molecule has 8 nitrogen and oxygen atoms in total. The van der Waals surface area contributed by atoms with Crippen molar-refractivity contribution in [2.45, 2.75) is 6.04 Å². The Labute approximate surface area is 148 Å². The van der Waals surface area contributed by atoms with Gasteiger partial charge in [0.05, 0.1) is 13.2 Å². The highest BCUT2D eigenvalue weighted by molar-refractivity contribution is 5.96. The summed E-state index contributed by atoms with van der Waals surface area (Å²) in [6.45, 7) is 4.27. The number of likely N-dealkylation sites (N-methyl/N-ethyl adjacent to an activating group) is 2. The van der Waals surface area contributed by atoms with Gasteiger partial charge in [0.25, 0.3) is 5.91 Å². The maximum absolute atomic E-state index is 12.8. The standard InChI is InChI=1S/C17H27N5O3/c1-18-7-12-25-13-15(17(24)22-10-8-21(2)9-11-22)20-16(23)14-5-3-4-6-19-14/h3-6,15,18H,7-13H2,1-2H3,(H,20,23)/t15-/m0/s1. The Balaban J connectivity index is 1.98. The Morgan fingerprint density at radius 2 is 2.04 bits per heavy atom. The highest BCUT2D eigenvalue weighted by atomic mass is 16.5. The fourth-order valence-corrected chi connectivity index (χ4v) is 2.53. The van der Waals surface area contributed by atoms with Crippen LogP contribution in [-0.2, 0) is 9.53 Å². The fraction of sp³-hybridized carbons (Fsp3) is 0.588. The van der Waals surface area contributed by atoms with Crippen LogP contribution in [0.1, 0.15) is 10.5 Å². The van der Waals surface area contributed by atoms with Gasteiger partial charge >= 0.3 is 0 Å². The lowest BCUT2D eigenvalue weighted by Gasteiger charge is -2.34. The molecule has 25 heavy (non-hydrogen) atoms. The van der Waals surface area contributed by atoms with E-state index in [0.717, 1.165) is 13.1 Å². The van der Waals surface area contributed by atoms with Gasteiger partial charge in [0, 0.05) is 38.9 Å². The molecule has 0 spiro atoms. The summed E-state index contributed by atoms with van der Waals surface area (Å²) in [6.07, 6.45) is 1.55. The van der Waals surface area contributed by atoms with Gasteiger partial charge in [-0.15, -0.1) is 0 Å². The number of carbonyl (C=O) groups is 2. The van der Waals surface area contributed by atoms with E-state index in [-0.39, 0.29) is 24.1 Å². The zero-order chi connectivity index (χ0) is 18.1. The number of ether oxygens (including phenoxy) is 1. The number of piperazine rings is 1. The van der Waals surface area contributed by atoms with Gasteiger partial charge in [-0.1, -0.05) is 6.07 Å². The first-order valence-corrected chi connectivity index (χ1v) is 8.53. The van der Waals surface area contributed by atoms with Crippen molar-refractivity contribution < 1.29 is 14.3 Å². The number of nitrogens with one attached hydrogen (secondary N) is 2. The van der Waals surface area contributed by atoms with Gasteiger partial charge in [0.15, 0.2) is 0 Å². The van der Waals surface area contributed by atoms with Crippen LogP contribution in [0.5, 0.6) is 0 Å². The predicted molar refractivity (Wildman–Crippen MR) is 94.3 cm³/mol. The lowest BCUT2D eigenvalue weighted by Crippen LogP contribution is -2.55. The SMILES string of the molecule is CNCCOC[C@H](NC(=O)c1ccccn1)C(=O)N1CCN(C)CC1. The number of nitrogens with zero attached hydrogens (tertiary/aromatic N) is 3. The lowest BCUT2D eigenvalue weighted by molar-refractivity contribution is -0.136. The number of hydrogen-bond donors (Lipinski definition) is 2. The molecule has 0 unspecified atom stereocenters. The monoisotopic (exact) mass is 349 g/mol. The zero-order valence-electron chi connectivity index (χ0n) is 14.9. The summed E-state index contributed by atoms with van der Waals surface area (Å²) in [5, 5.41) is 5.75. The Morgan fingerprint density at radius 3 is 2.68 bits per heavy atom. The Hall–Kier alpha value is -2.03. The molecule has 0 aliphatic carbocycles. The van der Waals surface area contributed by atoms with Crippen molar-refractivity contribution in [2.24, 2.45) is 0 Å². The molecule has 8 heteroatoms. The van der Waals surface area contributed by atoms with E-state index >= 15 is 0 Å². The van der Waals surface area contributed by atoms with Gasteiger partial charge < -0.3 is 25.2 Å². The van der Waals surface area contributed by atoms with E-state index in [2.05, 4.69) is 20.5 Å². The molecular weight excluding hydrogens is 322 g/mol. The van der Waals surface area contributed by atoms with Crippen LogP contribution in [0.4, 0.5) is 0 Å². The maximum Gasteiger partial charge on any atom is 0.270 e. The van der Waals surface area contributed by atoms with Gasteiger partial charge in [-0.05, 0) is 26.2 Å². The van der Waals surface area contributed by atoms with E-state index in [9.17, 15) is 9.59 Å². The van der Waals surface area contributed by atoms with Crippen molar-refractivity contribution in [3.8, 4) is 0 Å². The molecular formula is C17H27N5O3. The van der Waals surface area contributed by atoms with Gasteiger partial charge in [-0.25, -0.2) is 0 Å². The molecule has 1 aromatic heterocycles. The summed E-state index contributed by atoms with van der Waals surface area (Å²) >= 11 is 0. The third-order valence-electron chi connectivity index (χ3n) is 4.10. The van der Waals surface area contributed by atoms with Crippen molar-refractivity contribution in [1.29, 1.82) is 0 Å². The molecule has 0 aromatic carbocycles. The van der Waals surface area contributed by atoms with Crippen LogP contribution in [0.3, 0.4) is 0 Å². The minimum absolute atomic E-state index is 0.109. The summed E-state index contributed by atoms with van der Waals surface area (Å²) in [5.41, 5.74) is 0.286. The van der Waals surface area contributed by atoms with Crippen LogP contribution < -0.4 is 10.6 Å². The van der Waals surface area contributed by atoms with Gasteiger partial charge in [0.1, 0.15) is 11.7 Å². The largest absolute Gasteiger partial charge is 0.377 e. The number of aromatic nitrogens is 1. The number of amides is 2. The van der Waals surface area contributed by atoms with Crippen molar-refractivity contribution in [3.05, 3.63) is 30.1 Å². The second-order valence-corrected chi connectivity index (χ2v) is 6.05. The maximum atomic E-state index is 12.8. The summed E-state index contributed by atoms with van der Waals surface area (Å²) in [4.78, 5) is 33.2. The number of carbonyl (C=O) groups excluding carboxylic acids is 2. The minimum atomic E-state index is -0.713. The van der Waals surface area contributed by atoms with Crippen molar-refractivity contribution >= 4 is 11.8 Å². The number of pyridine rings is 1.